The van der Waals surface area contributed by atoms with Gasteiger partial charge in [0, 0.05) is 0 Å². The summed E-state index contributed by atoms with van der Waals surface area (Å²) in [6.07, 6.45) is 4.53. The lowest BCUT2D eigenvalue weighted by Crippen LogP contribution is -2.37. The van der Waals surface area contributed by atoms with Crippen LogP contribution in [-0.2, 0) is 29.0 Å². The molecule has 0 bridgehead atoms. The number of benzene rings is 1. The average molecular weight is 315 g/mol. The first-order chi connectivity index (χ1) is 11.3. The fourth-order valence-electron chi connectivity index (χ4n) is 3.16. The maximum Gasteiger partial charge on any atom is 0.157 e. The molecule has 2 aliphatic rings. The van der Waals surface area contributed by atoms with Gasteiger partial charge in [-0.05, 0) is 23.1 Å². The minimum absolute atomic E-state index is 0.0699. The third-order valence-electron chi connectivity index (χ3n) is 4.42. The predicted octanol–water partition coefficient (Wildman–Crippen LogP) is 1.11. The largest absolute Gasteiger partial charge is 0.483 e. The van der Waals surface area contributed by atoms with Gasteiger partial charge in [-0.2, -0.15) is 5.10 Å². The van der Waals surface area contributed by atoms with Crippen LogP contribution < -0.4 is 10.5 Å². The standard InChI is InChI=1S/C17H21N3O3/c18-16-10-22-11-17(16)23-14-6-19-20(8-14)7-12-2-1-3-13-9-21-5-4-15(12)13/h1-3,6,8,16-17H,4-5,7,9-11,18H2/t16-,17+/m0/s1. The molecule has 6 nitrogen and oxygen atoms in total. The molecular weight excluding hydrogens is 294 g/mol. The number of fused-ring (bicyclic) bond motifs is 1. The number of hydrogen-bond donors (Lipinski definition) is 1. The molecule has 0 saturated carbocycles. The molecule has 122 valence electrons. The van der Waals surface area contributed by atoms with Gasteiger partial charge in [-0.15, -0.1) is 0 Å². The van der Waals surface area contributed by atoms with Gasteiger partial charge in [-0.3, -0.25) is 4.68 Å². The second kappa shape index (κ2) is 6.31. The van der Waals surface area contributed by atoms with E-state index in [2.05, 4.69) is 23.3 Å². The molecule has 2 aromatic rings. The van der Waals surface area contributed by atoms with Crippen molar-refractivity contribution in [3.63, 3.8) is 0 Å². The summed E-state index contributed by atoms with van der Waals surface area (Å²) in [7, 11) is 0. The molecule has 6 heteroatoms. The normalized spacial score (nSPS) is 23.7. The van der Waals surface area contributed by atoms with E-state index < -0.39 is 0 Å². The van der Waals surface area contributed by atoms with Gasteiger partial charge in [-0.25, -0.2) is 0 Å². The minimum Gasteiger partial charge on any atom is -0.483 e. The van der Waals surface area contributed by atoms with Crippen molar-refractivity contribution < 1.29 is 14.2 Å². The third kappa shape index (κ3) is 3.10. The second-order valence-electron chi connectivity index (χ2n) is 6.09. The fraction of sp³-hybridized carbons (Fsp3) is 0.471. The summed E-state index contributed by atoms with van der Waals surface area (Å²) in [6.45, 7) is 3.32. The average Bonchev–Trinajstić information content (AvgIpc) is 3.18. The van der Waals surface area contributed by atoms with Crippen LogP contribution in [0.5, 0.6) is 5.75 Å². The molecule has 1 fully saturated rings. The van der Waals surface area contributed by atoms with E-state index in [1.165, 1.54) is 16.7 Å². The van der Waals surface area contributed by atoms with E-state index in [4.69, 9.17) is 19.9 Å². The molecule has 23 heavy (non-hydrogen) atoms. The highest BCUT2D eigenvalue weighted by atomic mass is 16.5. The molecule has 4 rings (SSSR count). The number of rotatable bonds is 4. The summed E-state index contributed by atoms with van der Waals surface area (Å²) in [5, 5.41) is 4.41. The molecule has 1 aromatic carbocycles. The zero-order valence-corrected chi connectivity index (χ0v) is 13.0. The number of aromatic nitrogens is 2. The molecule has 0 unspecified atom stereocenters. The van der Waals surface area contributed by atoms with Gasteiger partial charge >= 0.3 is 0 Å². The molecule has 1 saturated heterocycles. The Kier molecular flexibility index (Phi) is 4.03. The first kappa shape index (κ1) is 14.7. The first-order valence-electron chi connectivity index (χ1n) is 7.99. The van der Waals surface area contributed by atoms with Crippen molar-refractivity contribution in [1.29, 1.82) is 0 Å². The Bertz CT molecular complexity index is 685. The summed E-state index contributed by atoms with van der Waals surface area (Å²) in [5.74, 6) is 0.740. The van der Waals surface area contributed by atoms with Crippen LogP contribution in [0.15, 0.2) is 30.6 Å². The maximum atomic E-state index is 5.94. The van der Waals surface area contributed by atoms with E-state index in [0.717, 1.165) is 25.3 Å². The summed E-state index contributed by atoms with van der Waals surface area (Å²) in [4.78, 5) is 0. The van der Waals surface area contributed by atoms with Crippen molar-refractivity contribution in [3.05, 3.63) is 47.3 Å². The monoisotopic (exact) mass is 315 g/mol. The molecule has 0 aliphatic carbocycles. The molecule has 1 aromatic heterocycles. The van der Waals surface area contributed by atoms with Gasteiger partial charge in [0.2, 0.25) is 0 Å². The second-order valence-corrected chi connectivity index (χ2v) is 6.09. The van der Waals surface area contributed by atoms with Crippen LogP contribution in [0, 0.1) is 0 Å². The van der Waals surface area contributed by atoms with Crippen LogP contribution in [0.25, 0.3) is 0 Å². The highest BCUT2D eigenvalue weighted by Gasteiger charge is 2.27. The topological polar surface area (TPSA) is 71.5 Å². The van der Waals surface area contributed by atoms with E-state index in [1.54, 1.807) is 6.20 Å². The number of hydrogen-bond acceptors (Lipinski definition) is 5. The van der Waals surface area contributed by atoms with Crippen molar-refractivity contribution in [2.24, 2.45) is 5.73 Å². The molecule has 0 amide bonds. The van der Waals surface area contributed by atoms with Gasteiger partial charge in [0.25, 0.3) is 0 Å². The zero-order chi connectivity index (χ0) is 15.6. The van der Waals surface area contributed by atoms with E-state index in [1.807, 2.05) is 10.9 Å². The molecule has 0 radical (unpaired) electrons. The van der Waals surface area contributed by atoms with Crippen molar-refractivity contribution >= 4 is 0 Å². The van der Waals surface area contributed by atoms with Gasteiger partial charge < -0.3 is 19.9 Å². The van der Waals surface area contributed by atoms with E-state index in [0.29, 0.717) is 19.8 Å². The Balaban J connectivity index is 1.48. The highest BCUT2D eigenvalue weighted by Crippen LogP contribution is 2.22. The third-order valence-corrected chi connectivity index (χ3v) is 4.42. The quantitative estimate of drug-likeness (QED) is 0.915. The molecular formula is C17H21N3O3. The Morgan fingerprint density at radius 1 is 1.30 bits per heavy atom. The first-order valence-corrected chi connectivity index (χ1v) is 7.99. The van der Waals surface area contributed by atoms with Crippen LogP contribution in [0.2, 0.25) is 0 Å². The Labute approximate surface area is 135 Å². The number of nitrogens with two attached hydrogens (primary N) is 1. The van der Waals surface area contributed by atoms with E-state index in [-0.39, 0.29) is 12.1 Å². The molecule has 0 spiro atoms. The fourth-order valence-corrected chi connectivity index (χ4v) is 3.16. The van der Waals surface area contributed by atoms with E-state index >= 15 is 0 Å². The number of ether oxygens (including phenoxy) is 3. The smallest absolute Gasteiger partial charge is 0.157 e. The molecule has 2 aliphatic heterocycles. The van der Waals surface area contributed by atoms with Gasteiger partial charge in [0.1, 0.15) is 6.10 Å². The Morgan fingerprint density at radius 2 is 2.26 bits per heavy atom. The summed E-state index contributed by atoms with van der Waals surface area (Å²) in [6, 6.07) is 6.31. The van der Waals surface area contributed by atoms with Crippen LogP contribution in [-0.4, -0.2) is 41.7 Å². The Hall–Kier alpha value is -1.89. The predicted molar refractivity (Wildman–Crippen MR) is 84.3 cm³/mol. The van der Waals surface area contributed by atoms with Gasteiger partial charge in [0.05, 0.1) is 51.4 Å². The summed E-state index contributed by atoms with van der Waals surface area (Å²) in [5.41, 5.74) is 9.91. The minimum atomic E-state index is -0.0886. The van der Waals surface area contributed by atoms with Crippen molar-refractivity contribution in [2.45, 2.75) is 31.7 Å². The Morgan fingerprint density at radius 3 is 3.13 bits per heavy atom. The van der Waals surface area contributed by atoms with Crippen LogP contribution >= 0.6 is 0 Å². The van der Waals surface area contributed by atoms with Gasteiger partial charge in [0.15, 0.2) is 5.75 Å². The molecule has 2 atom stereocenters. The SMILES string of the molecule is N[C@H]1COC[C@H]1Oc1cnn(Cc2cccc3c2CCOC3)c1. The van der Waals surface area contributed by atoms with E-state index in [9.17, 15) is 0 Å². The molecule has 3 heterocycles. The maximum absolute atomic E-state index is 5.94. The molecule has 2 N–H and O–H groups in total. The zero-order valence-electron chi connectivity index (χ0n) is 13.0. The number of nitrogens with zero attached hydrogens (tertiary/aromatic N) is 2. The lowest BCUT2D eigenvalue weighted by Gasteiger charge is -2.19. The van der Waals surface area contributed by atoms with Crippen LogP contribution in [0.1, 0.15) is 16.7 Å². The van der Waals surface area contributed by atoms with Gasteiger partial charge in [-0.1, -0.05) is 18.2 Å². The summed E-state index contributed by atoms with van der Waals surface area (Å²) >= 11 is 0. The summed E-state index contributed by atoms with van der Waals surface area (Å²) < 4.78 is 18.6. The van der Waals surface area contributed by atoms with Crippen LogP contribution in [0.3, 0.4) is 0 Å². The van der Waals surface area contributed by atoms with Crippen molar-refractivity contribution in [1.82, 2.24) is 9.78 Å². The highest BCUT2D eigenvalue weighted by molar-refractivity contribution is 5.36. The lowest BCUT2D eigenvalue weighted by atomic mass is 9.97. The van der Waals surface area contributed by atoms with Crippen LogP contribution in [0.4, 0.5) is 0 Å². The lowest BCUT2D eigenvalue weighted by molar-refractivity contribution is 0.110. The van der Waals surface area contributed by atoms with Crippen molar-refractivity contribution in [2.75, 3.05) is 19.8 Å². The van der Waals surface area contributed by atoms with Crippen molar-refractivity contribution in [3.8, 4) is 5.75 Å².